The summed E-state index contributed by atoms with van der Waals surface area (Å²) in [7, 11) is 1.88. The van der Waals surface area contributed by atoms with Crippen LogP contribution in [0.3, 0.4) is 0 Å². The van der Waals surface area contributed by atoms with Gasteiger partial charge in [-0.3, -0.25) is 0 Å². The molecule has 96 valence electrons. The highest BCUT2D eigenvalue weighted by Crippen LogP contribution is 2.31. The molecule has 1 aromatic heterocycles. The first-order valence-electron chi connectivity index (χ1n) is 5.86. The molecule has 0 aliphatic rings. The Balaban J connectivity index is 2.38. The van der Waals surface area contributed by atoms with Crippen LogP contribution in [0.2, 0.25) is 10.0 Å². The van der Waals surface area contributed by atoms with E-state index >= 15 is 0 Å². The van der Waals surface area contributed by atoms with Crippen molar-refractivity contribution in [2.45, 2.75) is 19.4 Å². The van der Waals surface area contributed by atoms with Gasteiger partial charge in [-0.1, -0.05) is 36.2 Å². The maximum Gasteiger partial charge on any atom is 0.125 e. The number of hydrogen-bond donors (Lipinski definition) is 1. The second-order valence-electron chi connectivity index (χ2n) is 4.05. The third-order valence-corrected chi connectivity index (χ3v) is 3.44. The van der Waals surface area contributed by atoms with Crippen LogP contribution in [0.5, 0.6) is 0 Å². The van der Waals surface area contributed by atoms with Gasteiger partial charge in [0.2, 0.25) is 0 Å². The van der Waals surface area contributed by atoms with Crippen molar-refractivity contribution < 1.29 is 4.42 Å². The number of benzene rings is 1. The lowest BCUT2D eigenvalue weighted by Gasteiger charge is -2.16. The van der Waals surface area contributed by atoms with Crippen molar-refractivity contribution in [3.05, 3.63) is 57.5 Å². The van der Waals surface area contributed by atoms with E-state index in [0.717, 1.165) is 23.5 Å². The Morgan fingerprint density at radius 3 is 2.56 bits per heavy atom. The first-order valence-corrected chi connectivity index (χ1v) is 6.62. The molecule has 1 aromatic carbocycles. The maximum atomic E-state index is 6.23. The van der Waals surface area contributed by atoms with Crippen LogP contribution in [0.15, 0.2) is 34.7 Å². The zero-order valence-electron chi connectivity index (χ0n) is 10.3. The standard InChI is InChI=1S/C14H15Cl2NO/c1-3-10-5-7-13(18-10)14(17-2)11-6-4-9(15)8-12(11)16/h4-8,14,17H,3H2,1-2H3. The first kappa shape index (κ1) is 13.5. The SMILES string of the molecule is CCc1ccc(C(NC)c2ccc(Cl)cc2Cl)o1. The molecule has 2 aromatic rings. The smallest absolute Gasteiger partial charge is 0.125 e. The van der Waals surface area contributed by atoms with Gasteiger partial charge in [0, 0.05) is 16.5 Å². The monoisotopic (exact) mass is 283 g/mol. The lowest BCUT2D eigenvalue weighted by atomic mass is 10.0. The Bertz CT molecular complexity index is 536. The Morgan fingerprint density at radius 2 is 2.00 bits per heavy atom. The molecule has 0 fully saturated rings. The van der Waals surface area contributed by atoms with Gasteiger partial charge >= 0.3 is 0 Å². The van der Waals surface area contributed by atoms with Gasteiger partial charge in [0.05, 0.1) is 6.04 Å². The van der Waals surface area contributed by atoms with Crippen LogP contribution in [0.1, 0.15) is 30.0 Å². The molecule has 1 unspecified atom stereocenters. The number of aryl methyl sites for hydroxylation is 1. The molecule has 1 heterocycles. The van der Waals surface area contributed by atoms with E-state index in [1.54, 1.807) is 6.07 Å². The molecule has 0 radical (unpaired) electrons. The van der Waals surface area contributed by atoms with Crippen LogP contribution in [0.25, 0.3) is 0 Å². The molecule has 2 nitrogen and oxygen atoms in total. The molecule has 0 spiro atoms. The van der Waals surface area contributed by atoms with Crippen LogP contribution in [-0.2, 0) is 6.42 Å². The minimum absolute atomic E-state index is 0.0601. The summed E-state index contributed by atoms with van der Waals surface area (Å²) in [5.41, 5.74) is 0.959. The second kappa shape index (κ2) is 5.79. The van der Waals surface area contributed by atoms with E-state index in [1.807, 2.05) is 31.3 Å². The van der Waals surface area contributed by atoms with Crippen molar-refractivity contribution in [1.29, 1.82) is 0 Å². The Labute approximate surface area is 117 Å². The molecule has 0 aliphatic heterocycles. The molecular formula is C14H15Cl2NO. The summed E-state index contributed by atoms with van der Waals surface area (Å²) in [5, 5.41) is 4.48. The van der Waals surface area contributed by atoms with Crippen molar-refractivity contribution in [3.63, 3.8) is 0 Å². The molecule has 1 N–H and O–H groups in total. The average Bonchev–Trinajstić information content (AvgIpc) is 2.81. The van der Waals surface area contributed by atoms with E-state index in [4.69, 9.17) is 27.6 Å². The molecule has 0 amide bonds. The fourth-order valence-electron chi connectivity index (χ4n) is 1.93. The van der Waals surface area contributed by atoms with Gasteiger partial charge in [0.1, 0.15) is 11.5 Å². The summed E-state index contributed by atoms with van der Waals surface area (Å²) in [6.07, 6.45) is 0.880. The van der Waals surface area contributed by atoms with E-state index in [1.165, 1.54) is 0 Å². The summed E-state index contributed by atoms with van der Waals surface area (Å²) >= 11 is 12.1. The largest absolute Gasteiger partial charge is 0.464 e. The normalized spacial score (nSPS) is 12.7. The molecular weight excluding hydrogens is 269 g/mol. The van der Waals surface area contributed by atoms with E-state index in [2.05, 4.69) is 12.2 Å². The van der Waals surface area contributed by atoms with Crippen molar-refractivity contribution >= 4 is 23.2 Å². The van der Waals surface area contributed by atoms with E-state index in [9.17, 15) is 0 Å². The third-order valence-electron chi connectivity index (χ3n) is 2.88. The van der Waals surface area contributed by atoms with Crippen molar-refractivity contribution in [3.8, 4) is 0 Å². The Morgan fingerprint density at radius 1 is 1.22 bits per heavy atom. The van der Waals surface area contributed by atoms with E-state index in [-0.39, 0.29) is 6.04 Å². The highest BCUT2D eigenvalue weighted by Gasteiger charge is 2.18. The van der Waals surface area contributed by atoms with Crippen LogP contribution >= 0.6 is 23.2 Å². The van der Waals surface area contributed by atoms with Gasteiger partial charge in [-0.2, -0.15) is 0 Å². The maximum absolute atomic E-state index is 6.23. The fraction of sp³-hybridized carbons (Fsp3) is 0.286. The fourth-order valence-corrected chi connectivity index (χ4v) is 2.44. The summed E-state index contributed by atoms with van der Waals surface area (Å²) in [5.74, 6) is 1.83. The van der Waals surface area contributed by atoms with Crippen LogP contribution in [0, 0.1) is 0 Å². The topological polar surface area (TPSA) is 25.2 Å². The Hall–Kier alpha value is -0.960. The quantitative estimate of drug-likeness (QED) is 0.896. The van der Waals surface area contributed by atoms with Crippen LogP contribution in [-0.4, -0.2) is 7.05 Å². The third kappa shape index (κ3) is 2.72. The minimum atomic E-state index is -0.0601. The molecule has 4 heteroatoms. The average molecular weight is 284 g/mol. The summed E-state index contributed by atoms with van der Waals surface area (Å²) in [6, 6.07) is 9.40. The number of nitrogens with one attached hydrogen (secondary N) is 1. The van der Waals surface area contributed by atoms with Gasteiger partial charge in [0.25, 0.3) is 0 Å². The molecule has 0 bridgehead atoms. The predicted molar refractivity (Wildman–Crippen MR) is 75.5 cm³/mol. The van der Waals surface area contributed by atoms with Gasteiger partial charge in [-0.25, -0.2) is 0 Å². The highest BCUT2D eigenvalue weighted by atomic mass is 35.5. The lowest BCUT2D eigenvalue weighted by molar-refractivity contribution is 0.434. The molecule has 0 aliphatic carbocycles. The van der Waals surface area contributed by atoms with E-state index < -0.39 is 0 Å². The second-order valence-corrected chi connectivity index (χ2v) is 4.89. The zero-order chi connectivity index (χ0) is 13.1. The van der Waals surface area contributed by atoms with Crippen LogP contribution < -0.4 is 5.32 Å². The minimum Gasteiger partial charge on any atom is -0.464 e. The first-order chi connectivity index (χ1) is 8.65. The van der Waals surface area contributed by atoms with Crippen molar-refractivity contribution in [1.82, 2.24) is 5.32 Å². The molecule has 0 saturated heterocycles. The number of rotatable bonds is 4. The van der Waals surface area contributed by atoms with Gasteiger partial charge in [-0.05, 0) is 36.9 Å². The highest BCUT2D eigenvalue weighted by molar-refractivity contribution is 6.35. The summed E-state index contributed by atoms with van der Waals surface area (Å²) in [6.45, 7) is 2.06. The lowest BCUT2D eigenvalue weighted by Crippen LogP contribution is -2.17. The summed E-state index contributed by atoms with van der Waals surface area (Å²) < 4.78 is 5.77. The molecule has 1 atom stereocenters. The number of halogens is 2. The molecule has 0 saturated carbocycles. The predicted octanol–water partition coefficient (Wildman–Crippen LogP) is 4.46. The van der Waals surface area contributed by atoms with Crippen molar-refractivity contribution in [2.75, 3.05) is 7.05 Å². The molecule has 18 heavy (non-hydrogen) atoms. The number of furan rings is 1. The Kier molecular flexibility index (Phi) is 4.33. The van der Waals surface area contributed by atoms with E-state index in [0.29, 0.717) is 10.0 Å². The van der Waals surface area contributed by atoms with Gasteiger partial charge in [0.15, 0.2) is 0 Å². The van der Waals surface area contributed by atoms with Gasteiger partial charge < -0.3 is 9.73 Å². The molecule has 2 rings (SSSR count). The summed E-state index contributed by atoms with van der Waals surface area (Å²) in [4.78, 5) is 0. The van der Waals surface area contributed by atoms with Gasteiger partial charge in [-0.15, -0.1) is 0 Å². The van der Waals surface area contributed by atoms with Crippen LogP contribution in [0.4, 0.5) is 0 Å². The zero-order valence-corrected chi connectivity index (χ0v) is 11.8. The number of hydrogen-bond acceptors (Lipinski definition) is 2. The van der Waals surface area contributed by atoms with Crippen molar-refractivity contribution in [2.24, 2.45) is 0 Å².